The Kier molecular flexibility index (Phi) is 3.89. The highest BCUT2D eigenvalue weighted by atomic mass is 16.5. The van der Waals surface area contributed by atoms with Crippen LogP contribution in [-0.2, 0) is 4.79 Å². The molecule has 6 heteroatoms. The number of hydrogen-bond acceptors (Lipinski definition) is 4. The quantitative estimate of drug-likeness (QED) is 0.913. The van der Waals surface area contributed by atoms with Gasteiger partial charge in [-0.15, -0.1) is 0 Å². The smallest absolute Gasteiger partial charge is 0.262 e. The number of anilines is 3. The Morgan fingerprint density at radius 2 is 2.00 bits per heavy atom. The van der Waals surface area contributed by atoms with E-state index in [9.17, 15) is 9.59 Å². The summed E-state index contributed by atoms with van der Waals surface area (Å²) >= 11 is 0. The van der Waals surface area contributed by atoms with Gasteiger partial charge >= 0.3 is 0 Å². The van der Waals surface area contributed by atoms with Gasteiger partial charge in [-0.05, 0) is 30.3 Å². The average Bonchev–Trinajstić information content (AvgIpc) is 2.55. The van der Waals surface area contributed by atoms with Crippen molar-refractivity contribution in [1.29, 1.82) is 0 Å². The van der Waals surface area contributed by atoms with E-state index < -0.39 is 0 Å². The van der Waals surface area contributed by atoms with Crippen LogP contribution < -0.4 is 20.3 Å². The number of carbonyl (C=O) groups is 2. The molecule has 1 aliphatic heterocycles. The first-order chi connectivity index (χ1) is 11.0. The molecule has 0 aromatic heterocycles. The fraction of sp³-hybridized carbons (Fsp3) is 0.176. The summed E-state index contributed by atoms with van der Waals surface area (Å²) in [5, 5.41) is 5.55. The second kappa shape index (κ2) is 6.00. The van der Waals surface area contributed by atoms with Crippen LogP contribution in [0.1, 0.15) is 10.4 Å². The van der Waals surface area contributed by atoms with Crippen molar-refractivity contribution in [1.82, 2.24) is 0 Å². The number of hydrogen-bond donors (Lipinski definition) is 2. The van der Waals surface area contributed by atoms with Crippen LogP contribution in [0.5, 0.6) is 5.75 Å². The molecule has 2 aromatic rings. The van der Waals surface area contributed by atoms with Gasteiger partial charge in [0.1, 0.15) is 11.4 Å². The van der Waals surface area contributed by atoms with Gasteiger partial charge in [0.25, 0.3) is 11.8 Å². The number of amides is 2. The van der Waals surface area contributed by atoms with Crippen LogP contribution in [0.25, 0.3) is 0 Å². The van der Waals surface area contributed by atoms with Crippen molar-refractivity contribution in [3.8, 4) is 5.75 Å². The molecular formula is C17H17N3O3. The monoisotopic (exact) mass is 311 g/mol. The molecule has 2 aromatic carbocycles. The number of carbonyl (C=O) groups excluding carboxylic acids is 2. The average molecular weight is 311 g/mol. The van der Waals surface area contributed by atoms with E-state index in [-0.39, 0.29) is 18.4 Å². The molecule has 0 radical (unpaired) electrons. The number of nitrogens with zero attached hydrogens (tertiary/aromatic N) is 1. The van der Waals surface area contributed by atoms with E-state index in [1.54, 1.807) is 30.3 Å². The lowest BCUT2D eigenvalue weighted by atomic mass is 10.1. The lowest BCUT2D eigenvalue weighted by Gasteiger charge is -2.21. The Labute approximate surface area is 134 Å². The first kappa shape index (κ1) is 14.9. The van der Waals surface area contributed by atoms with Crippen molar-refractivity contribution in [2.24, 2.45) is 0 Å². The minimum atomic E-state index is -0.248. The van der Waals surface area contributed by atoms with E-state index in [1.165, 1.54) is 0 Å². The normalized spacial score (nSPS) is 12.7. The standard InChI is InChI=1S/C17H17N3O3/c1-20(2)12-6-3-5-11(9-12)17(22)18-13-7-4-8-14-16(13)19-15(21)10-23-14/h3-9H,10H2,1-2H3,(H,18,22)(H,19,21). The topological polar surface area (TPSA) is 70.7 Å². The molecule has 0 fully saturated rings. The van der Waals surface area contributed by atoms with Crippen LogP contribution in [-0.4, -0.2) is 32.5 Å². The summed E-state index contributed by atoms with van der Waals surface area (Å²) in [5.74, 6) is 0.0557. The molecule has 0 bridgehead atoms. The fourth-order valence-electron chi connectivity index (χ4n) is 2.32. The van der Waals surface area contributed by atoms with Crippen LogP contribution >= 0.6 is 0 Å². The molecule has 2 amide bonds. The summed E-state index contributed by atoms with van der Waals surface area (Å²) in [6.45, 7) is -0.0186. The number of ether oxygens (including phenoxy) is 1. The highest BCUT2D eigenvalue weighted by Gasteiger charge is 2.20. The Morgan fingerprint density at radius 1 is 1.22 bits per heavy atom. The van der Waals surface area contributed by atoms with Crippen LogP contribution in [0.3, 0.4) is 0 Å². The molecule has 1 heterocycles. The molecule has 3 rings (SSSR count). The van der Waals surface area contributed by atoms with Crippen LogP contribution in [0.2, 0.25) is 0 Å². The maximum atomic E-state index is 12.5. The van der Waals surface area contributed by atoms with Crippen LogP contribution in [0.15, 0.2) is 42.5 Å². The molecule has 0 saturated heterocycles. The van der Waals surface area contributed by atoms with Crippen LogP contribution in [0.4, 0.5) is 17.1 Å². The summed E-state index contributed by atoms with van der Waals surface area (Å²) in [4.78, 5) is 25.9. The summed E-state index contributed by atoms with van der Waals surface area (Å²) in [7, 11) is 3.83. The minimum absolute atomic E-state index is 0.0186. The van der Waals surface area contributed by atoms with Crippen molar-refractivity contribution in [2.45, 2.75) is 0 Å². The molecule has 118 valence electrons. The van der Waals surface area contributed by atoms with Gasteiger partial charge in [0, 0.05) is 25.3 Å². The Bertz CT molecular complexity index is 771. The van der Waals surface area contributed by atoms with Gasteiger partial charge in [-0.2, -0.15) is 0 Å². The number of rotatable bonds is 3. The van der Waals surface area contributed by atoms with Crippen molar-refractivity contribution in [3.63, 3.8) is 0 Å². The van der Waals surface area contributed by atoms with E-state index >= 15 is 0 Å². The lowest BCUT2D eigenvalue weighted by molar-refractivity contribution is -0.118. The molecule has 6 nitrogen and oxygen atoms in total. The van der Waals surface area contributed by atoms with Crippen molar-refractivity contribution < 1.29 is 14.3 Å². The predicted octanol–water partition coefficient (Wildman–Crippen LogP) is 2.34. The molecule has 0 unspecified atom stereocenters. The van der Waals surface area contributed by atoms with Crippen LogP contribution in [0, 0.1) is 0 Å². The summed E-state index contributed by atoms with van der Waals surface area (Å²) < 4.78 is 5.34. The SMILES string of the molecule is CN(C)c1cccc(C(=O)Nc2cccc3c2NC(=O)CO3)c1. The largest absolute Gasteiger partial charge is 0.481 e. The minimum Gasteiger partial charge on any atom is -0.481 e. The first-order valence-corrected chi connectivity index (χ1v) is 7.19. The molecular weight excluding hydrogens is 294 g/mol. The Morgan fingerprint density at radius 3 is 2.78 bits per heavy atom. The van der Waals surface area contributed by atoms with Gasteiger partial charge < -0.3 is 20.3 Å². The Hall–Kier alpha value is -3.02. The first-order valence-electron chi connectivity index (χ1n) is 7.19. The van der Waals surface area contributed by atoms with Gasteiger partial charge in [-0.25, -0.2) is 0 Å². The maximum absolute atomic E-state index is 12.5. The van der Waals surface area contributed by atoms with E-state index in [4.69, 9.17) is 4.74 Å². The zero-order chi connectivity index (χ0) is 16.4. The molecule has 0 saturated carbocycles. The van der Waals surface area contributed by atoms with Gasteiger partial charge in [-0.1, -0.05) is 12.1 Å². The number of para-hydroxylation sites is 1. The van der Waals surface area contributed by atoms with E-state index in [1.807, 2.05) is 31.1 Å². The zero-order valence-corrected chi connectivity index (χ0v) is 12.9. The highest BCUT2D eigenvalue weighted by molar-refractivity contribution is 6.09. The second-order valence-corrected chi connectivity index (χ2v) is 5.41. The number of nitrogens with one attached hydrogen (secondary N) is 2. The van der Waals surface area contributed by atoms with Crippen molar-refractivity contribution >= 4 is 28.9 Å². The van der Waals surface area contributed by atoms with Crippen molar-refractivity contribution in [3.05, 3.63) is 48.0 Å². The maximum Gasteiger partial charge on any atom is 0.262 e. The third kappa shape index (κ3) is 3.11. The summed E-state index contributed by atoms with van der Waals surface area (Å²) in [5.41, 5.74) is 2.47. The summed E-state index contributed by atoms with van der Waals surface area (Å²) in [6, 6.07) is 12.5. The molecule has 1 aliphatic rings. The van der Waals surface area contributed by atoms with E-state index in [0.717, 1.165) is 5.69 Å². The molecule has 0 aliphatic carbocycles. The van der Waals surface area contributed by atoms with E-state index in [2.05, 4.69) is 10.6 Å². The molecule has 0 atom stereocenters. The van der Waals surface area contributed by atoms with Gasteiger partial charge in [0.2, 0.25) is 0 Å². The summed E-state index contributed by atoms with van der Waals surface area (Å²) in [6.07, 6.45) is 0. The van der Waals surface area contributed by atoms with E-state index in [0.29, 0.717) is 22.7 Å². The fourth-order valence-corrected chi connectivity index (χ4v) is 2.32. The molecule has 2 N–H and O–H groups in total. The third-order valence-corrected chi connectivity index (χ3v) is 3.52. The predicted molar refractivity (Wildman–Crippen MR) is 89.3 cm³/mol. The Balaban J connectivity index is 1.86. The number of fused-ring (bicyclic) bond motifs is 1. The molecule has 0 spiro atoms. The molecule has 23 heavy (non-hydrogen) atoms. The van der Waals surface area contributed by atoms with Crippen molar-refractivity contribution in [2.75, 3.05) is 36.2 Å². The number of benzene rings is 2. The van der Waals surface area contributed by atoms with Gasteiger partial charge in [-0.3, -0.25) is 9.59 Å². The second-order valence-electron chi connectivity index (χ2n) is 5.41. The lowest BCUT2D eigenvalue weighted by Crippen LogP contribution is -2.26. The highest BCUT2D eigenvalue weighted by Crippen LogP contribution is 2.35. The zero-order valence-electron chi connectivity index (χ0n) is 12.9. The van der Waals surface area contributed by atoms with Gasteiger partial charge in [0.15, 0.2) is 6.61 Å². The third-order valence-electron chi connectivity index (χ3n) is 3.52. The van der Waals surface area contributed by atoms with Gasteiger partial charge in [0.05, 0.1) is 5.69 Å².